The zero-order chi connectivity index (χ0) is 14.5. The molecule has 0 spiro atoms. The number of thiocarbonyl (C=S) groups is 1. The molecule has 0 saturated heterocycles. The van der Waals surface area contributed by atoms with Crippen LogP contribution in [0.4, 0.5) is 5.69 Å². The van der Waals surface area contributed by atoms with Gasteiger partial charge in [-0.2, -0.15) is 0 Å². The second kappa shape index (κ2) is 6.21. The van der Waals surface area contributed by atoms with Gasteiger partial charge in [-0.15, -0.1) is 0 Å². The Morgan fingerprint density at radius 1 is 1.40 bits per heavy atom. The summed E-state index contributed by atoms with van der Waals surface area (Å²) < 4.78 is 10.5. The first-order valence-corrected chi connectivity index (χ1v) is 6.34. The average molecular weight is 290 g/mol. The van der Waals surface area contributed by atoms with Gasteiger partial charge in [-0.05, 0) is 25.1 Å². The molecule has 3 N–H and O–H groups in total. The van der Waals surface area contributed by atoms with Crippen LogP contribution in [0, 0.1) is 6.92 Å². The first kappa shape index (κ1) is 14.1. The molecule has 0 radical (unpaired) electrons. The van der Waals surface area contributed by atoms with Gasteiger partial charge in [-0.25, -0.2) is 0 Å². The van der Waals surface area contributed by atoms with E-state index in [0.717, 1.165) is 0 Å². The van der Waals surface area contributed by atoms with E-state index in [1.54, 1.807) is 37.3 Å². The van der Waals surface area contributed by atoms with Gasteiger partial charge >= 0.3 is 0 Å². The molecule has 0 aliphatic rings. The minimum atomic E-state index is -0.261. The summed E-state index contributed by atoms with van der Waals surface area (Å²) in [5.74, 6) is 0.807. The van der Waals surface area contributed by atoms with Gasteiger partial charge in [0.1, 0.15) is 23.1 Å². The van der Waals surface area contributed by atoms with Crippen LogP contribution >= 0.6 is 12.2 Å². The fourth-order valence-electron chi connectivity index (χ4n) is 1.65. The maximum Gasteiger partial charge on any atom is 0.259 e. The molecule has 0 atom stereocenters. The second-order valence-electron chi connectivity index (χ2n) is 4.10. The third-order valence-electron chi connectivity index (χ3n) is 2.61. The number of rotatable bonds is 5. The lowest BCUT2D eigenvalue weighted by Crippen LogP contribution is -2.19. The lowest BCUT2D eigenvalue weighted by molar-refractivity contribution is 0.102. The summed E-state index contributed by atoms with van der Waals surface area (Å²) in [7, 11) is 0. The Bertz CT molecular complexity index is 637. The van der Waals surface area contributed by atoms with Crippen molar-refractivity contribution in [2.24, 2.45) is 5.73 Å². The normalized spacial score (nSPS) is 10.1. The van der Waals surface area contributed by atoms with Crippen LogP contribution in [0.3, 0.4) is 0 Å². The van der Waals surface area contributed by atoms with E-state index < -0.39 is 0 Å². The molecule has 20 heavy (non-hydrogen) atoms. The van der Waals surface area contributed by atoms with Crippen LogP contribution in [0.15, 0.2) is 41.0 Å². The van der Waals surface area contributed by atoms with Crippen LogP contribution in [-0.2, 0) is 0 Å². The summed E-state index contributed by atoms with van der Waals surface area (Å²) in [6.07, 6.45) is 1.47. The van der Waals surface area contributed by atoms with Crippen molar-refractivity contribution in [1.29, 1.82) is 0 Å². The number of hydrogen-bond acceptors (Lipinski definition) is 4. The summed E-state index contributed by atoms with van der Waals surface area (Å²) in [5.41, 5.74) is 6.43. The van der Waals surface area contributed by atoms with Gasteiger partial charge in [-0.1, -0.05) is 24.4 Å². The Hall–Kier alpha value is -2.34. The maximum absolute atomic E-state index is 12.1. The molecule has 1 aromatic carbocycles. The van der Waals surface area contributed by atoms with E-state index in [1.165, 1.54) is 6.26 Å². The number of ether oxygens (including phenoxy) is 1. The molecule has 0 unspecified atom stereocenters. The number of carbonyl (C=O) groups excluding carboxylic acids is 1. The van der Waals surface area contributed by atoms with Gasteiger partial charge in [0.25, 0.3) is 5.91 Å². The van der Waals surface area contributed by atoms with Crippen LogP contribution in [0.1, 0.15) is 16.1 Å². The number of benzene rings is 1. The van der Waals surface area contributed by atoms with Gasteiger partial charge < -0.3 is 20.2 Å². The number of amides is 1. The summed E-state index contributed by atoms with van der Waals surface area (Å²) in [5, 5.41) is 2.77. The van der Waals surface area contributed by atoms with E-state index in [0.29, 0.717) is 22.8 Å². The molecule has 1 heterocycles. The molecule has 0 saturated carbocycles. The number of nitrogens with two attached hydrogens (primary N) is 1. The van der Waals surface area contributed by atoms with E-state index in [2.05, 4.69) is 5.32 Å². The zero-order valence-electron chi connectivity index (χ0n) is 10.9. The van der Waals surface area contributed by atoms with Crippen molar-refractivity contribution >= 4 is 28.8 Å². The Labute approximate surface area is 121 Å². The third-order valence-corrected chi connectivity index (χ3v) is 2.73. The maximum atomic E-state index is 12.1. The highest BCUT2D eigenvalue weighted by molar-refractivity contribution is 7.80. The fourth-order valence-corrected chi connectivity index (χ4v) is 1.71. The van der Waals surface area contributed by atoms with Gasteiger partial charge in [-0.3, -0.25) is 4.79 Å². The van der Waals surface area contributed by atoms with Gasteiger partial charge in [0.05, 0.1) is 17.5 Å². The first-order chi connectivity index (χ1) is 9.58. The quantitative estimate of drug-likeness (QED) is 0.827. The SMILES string of the molecule is Cc1occc1C(=O)Nc1ccccc1OCC(N)=S. The van der Waals surface area contributed by atoms with Crippen LogP contribution in [0.5, 0.6) is 5.75 Å². The number of aryl methyl sites for hydroxylation is 1. The Morgan fingerprint density at radius 2 is 2.15 bits per heavy atom. The first-order valence-electron chi connectivity index (χ1n) is 5.93. The van der Waals surface area contributed by atoms with Crippen LogP contribution in [0.2, 0.25) is 0 Å². The summed E-state index contributed by atoms with van der Waals surface area (Å²) in [6, 6.07) is 8.68. The Balaban J connectivity index is 2.15. The number of hydrogen-bond donors (Lipinski definition) is 2. The van der Waals surface area contributed by atoms with Crippen LogP contribution < -0.4 is 15.8 Å². The van der Waals surface area contributed by atoms with Crippen molar-refractivity contribution in [3.8, 4) is 5.75 Å². The van der Waals surface area contributed by atoms with E-state index in [1.807, 2.05) is 0 Å². The smallest absolute Gasteiger partial charge is 0.259 e. The lowest BCUT2D eigenvalue weighted by Gasteiger charge is -2.11. The highest BCUT2D eigenvalue weighted by atomic mass is 32.1. The molecular weight excluding hydrogens is 276 g/mol. The summed E-state index contributed by atoms with van der Waals surface area (Å²) >= 11 is 4.76. The summed E-state index contributed by atoms with van der Waals surface area (Å²) in [6.45, 7) is 1.84. The van der Waals surface area contributed by atoms with Crippen molar-refractivity contribution in [2.45, 2.75) is 6.92 Å². The number of anilines is 1. The van der Waals surface area contributed by atoms with E-state index in [4.69, 9.17) is 27.1 Å². The van der Waals surface area contributed by atoms with Crippen molar-refractivity contribution in [1.82, 2.24) is 0 Å². The zero-order valence-corrected chi connectivity index (χ0v) is 11.7. The minimum Gasteiger partial charge on any atom is -0.484 e. The van der Waals surface area contributed by atoms with E-state index >= 15 is 0 Å². The van der Waals surface area contributed by atoms with Crippen molar-refractivity contribution in [3.63, 3.8) is 0 Å². The number of furan rings is 1. The van der Waals surface area contributed by atoms with Crippen molar-refractivity contribution in [3.05, 3.63) is 47.9 Å². The van der Waals surface area contributed by atoms with Crippen molar-refractivity contribution < 1.29 is 13.9 Å². The average Bonchev–Trinajstić information content (AvgIpc) is 2.84. The molecule has 2 rings (SSSR count). The summed E-state index contributed by atoms with van der Waals surface area (Å²) in [4.78, 5) is 12.4. The topological polar surface area (TPSA) is 77.5 Å². The monoisotopic (exact) mass is 290 g/mol. The lowest BCUT2D eigenvalue weighted by atomic mass is 10.2. The molecule has 0 bridgehead atoms. The molecule has 1 amide bonds. The number of para-hydroxylation sites is 2. The molecule has 2 aromatic rings. The standard InChI is InChI=1S/C14H14N2O3S/c1-9-10(6-7-18-9)14(17)16-11-4-2-3-5-12(11)19-8-13(15)20/h2-7H,8H2,1H3,(H2,15,20)(H,16,17). The third kappa shape index (κ3) is 3.36. The van der Waals surface area contributed by atoms with Crippen LogP contribution in [0.25, 0.3) is 0 Å². The molecule has 5 nitrogen and oxygen atoms in total. The largest absolute Gasteiger partial charge is 0.484 e. The minimum absolute atomic E-state index is 0.118. The highest BCUT2D eigenvalue weighted by Crippen LogP contribution is 2.24. The predicted octanol–water partition coefficient (Wildman–Crippen LogP) is 2.51. The Morgan fingerprint density at radius 3 is 2.80 bits per heavy atom. The molecule has 0 aliphatic heterocycles. The molecule has 0 aliphatic carbocycles. The van der Waals surface area contributed by atoms with Gasteiger partial charge in [0, 0.05) is 0 Å². The molecule has 0 fully saturated rings. The second-order valence-corrected chi connectivity index (χ2v) is 4.62. The molecule has 104 valence electrons. The highest BCUT2D eigenvalue weighted by Gasteiger charge is 2.13. The molecule has 6 heteroatoms. The van der Waals surface area contributed by atoms with Crippen molar-refractivity contribution in [2.75, 3.05) is 11.9 Å². The van der Waals surface area contributed by atoms with Crippen LogP contribution in [-0.4, -0.2) is 17.5 Å². The molecule has 1 aromatic heterocycles. The number of carbonyl (C=O) groups is 1. The van der Waals surface area contributed by atoms with Gasteiger partial charge in [0.2, 0.25) is 0 Å². The fraction of sp³-hybridized carbons (Fsp3) is 0.143. The predicted molar refractivity (Wildman–Crippen MR) is 80.1 cm³/mol. The number of nitrogens with one attached hydrogen (secondary N) is 1. The van der Waals surface area contributed by atoms with E-state index in [-0.39, 0.29) is 17.5 Å². The van der Waals surface area contributed by atoms with E-state index in [9.17, 15) is 4.79 Å². The molecular formula is C14H14N2O3S. The van der Waals surface area contributed by atoms with Gasteiger partial charge in [0.15, 0.2) is 0 Å². The Kier molecular flexibility index (Phi) is 4.37.